The number of carbonyl (C=O) groups is 1. The summed E-state index contributed by atoms with van der Waals surface area (Å²) in [7, 11) is -2.96. The molecule has 0 bridgehead atoms. The molecule has 1 rings (SSSR count). The molecule has 0 aromatic rings. The van der Waals surface area contributed by atoms with Gasteiger partial charge in [0.1, 0.15) is 0 Å². The van der Waals surface area contributed by atoms with Crippen molar-refractivity contribution in [2.45, 2.75) is 20.3 Å². The molecule has 4 nitrogen and oxygen atoms in total. The summed E-state index contributed by atoms with van der Waals surface area (Å²) in [5.74, 6) is 0.434. The van der Waals surface area contributed by atoms with Crippen molar-refractivity contribution in [1.82, 2.24) is 4.90 Å². The van der Waals surface area contributed by atoms with E-state index >= 15 is 0 Å². The van der Waals surface area contributed by atoms with Gasteiger partial charge in [-0.05, 0) is 20.3 Å². The average Bonchev–Trinajstić information content (AvgIpc) is 2.38. The van der Waals surface area contributed by atoms with Gasteiger partial charge in [-0.2, -0.15) is 0 Å². The van der Waals surface area contributed by atoms with E-state index in [-0.39, 0.29) is 23.3 Å². The minimum atomic E-state index is -2.96. The number of hydrogen-bond acceptors (Lipinski definition) is 3. The van der Waals surface area contributed by atoms with E-state index in [1.807, 2.05) is 0 Å². The topological polar surface area (TPSA) is 54.5 Å². The van der Waals surface area contributed by atoms with Crippen LogP contribution in [0.4, 0.5) is 0 Å². The molecule has 0 radical (unpaired) electrons. The van der Waals surface area contributed by atoms with Gasteiger partial charge in [0.25, 0.3) is 0 Å². The maximum Gasteiger partial charge on any atom is 0.229 e. The molecule has 0 aliphatic carbocycles. The summed E-state index contributed by atoms with van der Waals surface area (Å²) in [5, 5.41) is 0. The molecule has 1 aliphatic rings. The fourth-order valence-corrected chi connectivity index (χ4v) is 3.01. The van der Waals surface area contributed by atoms with Gasteiger partial charge < -0.3 is 4.90 Å². The Morgan fingerprint density at radius 1 is 1.31 bits per heavy atom. The minimum Gasteiger partial charge on any atom is -0.341 e. The molecule has 1 saturated heterocycles. The Bertz CT molecular complexity index is 364. The zero-order chi connectivity index (χ0) is 12.4. The Morgan fingerprint density at radius 3 is 2.50 bits per heavy atom. The van der Waals surface area contributed by atoms with Crippen molar-refractivity contribution in [3.8, 4) is 0 Å². The number of carbonyl (C=O) groups excluding carboxylic acids is 1. The van der Waals surface area contributed by atoms with Gasteiger partial charge >= 0.3 is 0 Å². The monoisotopic (exact) mass is 267 g/mol. The van der Waals surface area contributed by atoms with Crippen LogP contribution in [-0.4, -0.2) is 49.7 Å². The first kappa shape index (κ1) is 13.8. The van der Waals surface area contributed by atoms with Crippen LogP contribution in [0.25, 0.3) is 0 Å². The third-order valence-corrected chi connectivity index (χ3v) is 5.14. The van der Waals surface area contributed by atoms with Crippen molar-refractivity contribution >= 4 is 27.3 Å². The first-order valence-corrected chi connectivity index (χ1v) is 7.70. The van der Waals surface area contributed by atoms with Gasteiger partial charge in [-0.25, -0.2) is 8.42 Å². The van der Waals surface area contributed by atoms with Crippen molar-refractivity contribution in [1.29, 1.82) is 0 Å². The molecule has 94 valence electrons. The molecule has 1 amide bonds. The Kier molecular flexibility index (Phi) is 4.23. The molecule has 0 unspecified atom stereocenters. The predicted molar refractivity (Wildman–Crippen MR) is 64.4 cm³/mol. The lowest BCUT2D eigenvalue weighted by Gasteiger charge is -2.29. The summed E-state index contributed by atoms with van der Waals surface area (Å²) < 4.78 is 22.8. The second-order valence-corrected chi connectivity index (χ2v) is 7.39. The molecular weight excluding hydrogens is 250 g/mol. The van der Waals surface area contributed by atoms with Gasteiger partial charge in [-0.3, -0.25) is 4.79 Å². The number of amides is 1. The third kappa shape index (κ3) is 3.35. The fourth-order valence-electron chi connectivity index (χ4n) is 1.63. The molecule has 1 fully saturated rings. The van der Waals surface area contributed by atoms with Gasteiger partial charge in [-0.1, -0.05) is 0 Å². The summed E-state index contributed by atoms with van der Waals surface area (Å²) in [6.45, 7) is 4.36. The Hall–Kier alpha value is -0.290. The predicted octanol–water partition coefficient (Wildman–Crippen LogP) is 0.899. The summed E-state index contributed by atoms with van der Waals surface area (Å²) in [5.41, 5.74) is -0.615. The number of halogens is 1. The summed E-state index contributed by atoms with van der Waals surface area (Å²) in [6.07, 6.45) is 0.520. The van der Waals surface area contributed by atoms with Crippen LogP contribution < -0.4 is 0 Å². The van der Waals surface area contributed by atoms with Crippen LogP contribution in [0.2, 0.25) is 0 Å². The van der Waals surface area contributed by atoms with Gasteiger partial charge in [0.15, 0.2) is 9.84 Å². The van der Waals surface area contributed by atoms with Crippen LogP contribution in [0.5, 0.6) is 0 Å². The molecule has 0 aromatic carbocycles. The molecule has 0 spiro atoms. The normalized spacial score (nSPS) is 21.6. The smallest absolute Gasteiger partial charge is 0.229 e. The lowest BCUT2D eigenvalue weighted by molar-refractivity contribution is -0.138. The summed E-state index contributed by atoms with van der Waals surface area (Å²) >= 11 is 5.74. The van der Waals surface area contributed by atoms with Crippen molar-refractivity contribution in [2.24, 2.45) is 5.41 Å². The van der Waals surface area contributed by atoms with Crippen LogP contribution in [-0.2, 0) is 14.6 Å². The molecule has 1 aliphatic heterocycles. The van der Waals surface area contributed by atoms with Crippen LogP contribution in [0.15, 0.2) is 0 Å². The molecule has 0 atom stereocenters. The number of sulfone groups is 1. The van der Waals surface area contributed by atoms with Crippen molar-refractivity contribution in [2.75, 3.05) is 30.5 Å². The van der Waals surface area contributed by atoms with Crippen LogP contribution in [0, 0.1) is 5.41 Å². The maximum atomic E-state index is 12.1. The van der Waals surface area contributed by atoms with Gasteiger partial charge in [0.2, 0.25) is 5.91 Å². The molecule has 1 heterocycles. The largest absolute Gasteiger partial charge is 0.341 e. The highest BCUT2D eigenvalue weighted by Crippen LogP contribution is 2.21. The highest BCUT2D eigenvalue weighted by atomic mass is 35.5. The van der Waals surface area contributed by atoms with E-state index in [0.717, 1.165) is 0 Å². The Labute approximate surface area is 102 Å². The zero-order valence-corrected chi connectivity index (χ0v) is 11.3. The molecule has 0 saturated carbocycles. The standard InChI is InChI=1S/C10H18ClNO3S/c1-10(2,8-11)9(13)12-4-3-6-16(14,15)7-5-12/h3-8H2,1-2H3. The van der Waals surface area contributed by atoms with E-state index in [0.29, 0.717) is 19.5 Å². The lowest BCUT2D eigenvalue weighted by Crippen LogP contribution is -2.43. The highest BCUT2D eigenvalue weighted by Gasteiger charge is 2.32. The maximum absolute atomic E-state index is 12.1. The van der Waals surface area contributed by atoms with Crippen molar-refractivity contribution in [3.05, 3.63) is 0 Å². The zero-order valence-electron chi connectivity index (χ0n) is 9.70. The minimum absolute atomic E-state index is 0.0559. The highest BCUT2D eigenvalue weighted by molar-refractivity contribution is 7.91. The first-order valence-electron chi connectivity index (χ1n) is 5.34. The Morgan fingerprint density at radius 2 is 1.94 bits per heavy atom. The number of rotatable bonds is 2. The van der Waals surface area contributed by atoms with E-state index in [4.69, 9.17) is 11.6 Å². The van der Waals surface area contributed by atoms with Crippen LogP contribution >= 0.6 is 11.6 Å². The first-order chi connectivity index (χ1) is 7.28. The molecule has 16 heavy (non-hydrogen) atoms. The molecular formula is C10H18ClNO3S. The van der Waals surface area contributed by atoms with E-state index in [1.54, 1.807) is 18.7 Å². The van der Waals surface area contributed by atoms with E-state index in [9.17, 15) is 13.2 Å². The number of hydrogen-bond donors (Lipinski definition) is 0. The molecule has 0 aromatic heterocycles. The molecule has 6 heteroatoms. The summed E-state index contributed by atoms with van der Waals surface area (Å²) in [6, 6.07) is 0. The fraction of sp³-hybridized carbons (Fsp3) is 0.900. The Balaban J connectivity index is 2.72. The van der Waals surface area contributed by atoms with E-state index < -0.39 is 15.3 Å². The molecule has 0 N–H and O–H groups in total. The number of alkyl halides is 1. The quantitative estimate of drug-likeness (QED) is 0.699. The van der Waals surface area contributed by atoms with E-state index in [1.165, 1.54) is 0 Å². The number of nitrogens with zero attached hydrogens (tertiary/aromatic N) is 1. The second kappa shape index (κ2) is 4.92. The van der Waals surface area contributed by atoms with Crippen LogP contribution in [0.1, 0.15) is 20.3 Å². The second-order valence-electron chi connectivity index (χ2n) is 4.82. The van der Waals surface area contributed by atoms with Gasteiger partial charge in [0.05, 0.1) is 16.9 Å². The average molecular weight is 268 g/mol. The SMILES string of the molecule is CC(C)(CCl)C(=O)N1CCCS(=O)(=O)CC1. The van der Waals surface area contributed by atoms with Gasteiger partial charge in [0, 0.05) is 19.0 Å². The van der Waals surface area contributed by atoms with E-state index in [2.05, 4.69) is 0 Å². The van der Waals surface area contributed by atoms with Crippen molar-refractivity contribution < 1.29 is 13.2 Å². The third-order valence-electron chi connectivity index (χ3n) is 2.76. The summed E-state index contributed by atoms with van der Waals surface area (Å²) in [4.78, 5) is 13.7. The van der Waals surface area contributed by atoms with Crippen molar-refractivity contribution in [3.63, 3.8) is 0 Å². The van der Waals surface area contributed by atoms with Gasteiger partial charge in [-0.15, -0.1) is 11.6 Å². The van der Waals surface area contributed by atoms with Crippen LogP contribution in [0.3, 0.4) is 0 Å². The lowest BCUT2D eigenvalue weighted by atomic mass is 9.94.